The number of thiazole rings is 1. The summed E-state index contributed by atoms with van der Waals surface area (Å²) in [6.07, 6.45) is 2.27. The topological polar surface area (TPSA) is 42.0 Å². The summed E-state index contributed by atoms with van der Waals surface area (Å²) in [5, 5.41) is 3.92. The molecule has 1 amide bonds. The van der Waals surface area contributed by atoms with Crippen molar-refractivity contribution in [2.45, 2.75) is 30.5 Å². The van der Waals surface area contributed by atoms with Crippen LogP contribution in [0.15, 0.2) is 65.0 Å². The Kier molecular flexibility index (Phi) is 6.86. The molecule has 3 aromatic rings. The van der Waals surface area contributed by atoms with Crippen LogP contribution in [0.25, 0.3) is 11.3 Å². The van der Waals surface area contributed by atoms with Crippen molar-refractivity contribution < 1.29 is 4.79 Å². The van der Waals surface area contributed by atoms with Gasteiger partial charge in [-0.25, -0.2) is 4.98 Å². The van der Waals surface area contributed by atoms with Gasteiger partial charge in [-0.15, -0.1) is 0 Å². The van der Waals surface area contributed by atoms with Crippen LogP contribution in [0.4, 0.5) is 5.00 Å². The average molecular weight is 383 g/mol. The minimum Gasteiger partial charge on any atom is -0.316 e. The summed E-state index contributed by atoms with van der Waals surface area (Å²) in [7, 11) is 0. The van der Waals surface area contributed by atoms with Gasteiger partial charge in [0.2, 0.25) is 5.91 Å². The van der Waals surface area contributed by atoms with Crippen molar-refractivity contribution in [2.24, 2.45) is 0 Å². The number of anilines is 1. The SMILES string of the molecule is CCSc1nc(-c2ccccc2)c(NC(=O)CCCc2ccccc2)s1. The average Bonchev–Trinajstić information content (AvgIpc) is 3.06. The van der Waals surface area contributed by atoms with Gasteiger partial charge in [-0.1, -0.05) is 90.7 Å². The summed E-state index contributed by atoms with van der Waals surface area (Å²) in [5.74, 6) is 1.02. The molecule has 0 saturated carbocycles. The maximum Gasteiger partial charge on any atom is 0.225 e. The van der Waals surface area contributed by atoms with Crippen molar-refractivity contribution >= 4 is 34.0 Å². The van der Waals surface area contributed by atoms with Gasteiger partial charge < -0.3 is 5.32 Å². The normalized spacial score (nSPS) is 10.7. The highest BCUT2D eigenvalue weighted by Gasteiger charge is 2.15. The number of thioether (sulfide) groups is 1. The number of nitrogens with one attached hydrogen (secondary N) is 1. The van der Waals surface area contributed by atoms with Crippen LogP contribution in [0, 0.1) is 0 Å². The molecule has 26 heavy (non-hydrogen) atoms. The van der Waals surface area contributed by atoms with E-state index >= 15 is 0 Å². The molecule has 2 aromatic carbocycles. The number of benzene rings is 2. The van der Waals surface area contributed by atoms with Crippen molar-refractivity contribution in [3.05, 3.63) is 66.2 Å². The number of hydrogen-bond acceptors (Lipinski definition) is 4. The Morgan fingerprint density at radius 1 is 1.08 bits per heavy atom. The van der Waals surface area contributed by atoms with Gasteiger partial charge in [0, 0.05) is 12.0 Å². The second kappa shape index (κ2) is 9.55. The highest BCUT2D eigenvalue weighted by atomic mass is 32.2. The van der Waals surface area contributed by atoms with Crippen LogP contribution in [0.2, 0.25) is 0 Å². The summed E-state index contributed by atoms with van der Waals surface area (Å²) in [6.45, 7) is 2.11. The third kappa shape index (κ3) is 5.19. The molecule has 134 valence electrons. The van der Waals surface area contributed by atoms with Crippen molar-refractivity contribution in [3.63, 3.8) is 0 Å². The van der Waals surface area contributed by atoms with Crippen LogP contribution in [0.5, 0.6) is 0 Å². The zero-order valence-electron chi connectivity index (χ0n) is 14.8. The lowest BCUT2D eigenvalue weighted by atomic mass is 10.1. The van der Waals surface area contributed by atoms with Crippen LogP contribution in [-0.4, -0.2) is 16.6 Å². The van der Waals surface area contributed by atoms with E-state index in [1.54, 1.807) is 23.1 Å². The van der Waals surface area contributed by atoms with Gasteiger partial charge in [0.25, 0.3) is 0 Å². The van der Waals surface area contributed by atoms with Gasteiger partial charge in [0.1, 0.15) is 10.7 Å². The number of aryl methyl sites for hydroxylation is 1. The second-order valence-electron chi connectivity index (χ2n) is 5.84. The fraction of sp³-hybridized carbons (Fsp3) is 0.238. The first-order valence-electron chi connectivity index (χ1n) is 8.79. The Morgan fingerprint density at radius 2 is 1.77 bits per heavy atom. The van der Waals surface area contributed by atoms with E-state index in [4.69, 9.17) is 4.98 Å². The van der Waals surface area contributed by atoms with Crippen molar-refractivity contribution in [1.82, 2.24) is 4.98 Å². The van der Waals surface area contributed by atoms with Gasteiger partial charge in [0.05, 0.1) is 0 Å². The molecule has 0 aliphatic rings. The number of carbonyl (C=O) groups excluding carboxylic acids is 1. The molecule has 0 radical (unpaired) electrons. The van der Waals surface area contributed by atoms with Gasteiger partial charge >= 0.3 is 0 Å². The standard InChI is InChI=1S/C21H22N2OS2/c1-2-25-21-23-19(17-13-7-4-8-14-17)20(26-21)22-18(24)15-9-12-16-10-5-3-6-11-16/h3-8,10-11,13-14H,2,9,12,15H2,1H3,(H,22,24). The predicted octanol–water partition coefficient (Wildman–Crippen LogP) is 5.88. The number of nitrogens with zero attached hydrogens (tertiary/aromatic N) is 1. The van der Waals surface area contributed by atoms with E-state index < -0.39 is 0 Å². The van der Waals surface area contributed by atoms with Crippen molar-refractivity contribution in [3.8, 4) is 11.3 Å². The van der Waals surface area contributed by atoms with E-state index in [1.807, 2.05) is 48.5 Å². The number of carbonyl (C=O) groups is 1. The zero-order chi connectivity index (χ0) is 18.2. The van der Waals surface area contributed by atoms with E-state index in [0.717, 1.165) is 39.2 Å². The molecule has 1 heterocycles. The Balaban J connectivity index is 1.65. The first-order valence-corrected chi connectivity index (χ1v) is 10.6. The molecule has 0 aliphatic carbocycles. The molecule has 0 fully saturated rings. The smallest absolute Gasteiger partial charge is 0.225 e. The molecule has 0 aliphatic heterocycles. The van der Waals surface area contributed by atoms with Crippen molar-refractivity contribution in [1.29, 1.82) is 0 Å². The summed E-state index contributed by atoms with van der Waals surface area (Å²) >= 11 is 3.26. The summed E-state index contributed by atoms with van der Waals surface area (Å²) in [5.41, 5.74) is 3.17. The maximum absolute atomic E-state index is 12.4. The lowest BCUT2D eigenvalue weighted by Crippen LogP contribution is -2.11. The molecule has 0 atom stereocenters. The maximum atomic E-state index is 12.4. The molecule has 3 rings (SSSR count). The highest BCUT2D eigenvalue weighted by molar-refractivity contribution is 8.01. The Hall–Kier alpha value is -2.11. The number of aromatic nitrogens is 1. The molecule has 1 N–H and O–H groups in total. The molecule has 5 heteroatoms. The molecule has 1 aromatic heterocycles. The van der Waals surface area contributed by atoms with Crippen LogP contribution in [-0.2, 0) is 11.2 Å². The minimum absolute atomic E-state index is 0.0508. The van der Waals surface area contributed by atoms with Crippen LogP contribution < -0.4 is 5.32 Å². The van der Waals surface area contributed by atoms with Crippen LogP contribution >= 0.6 is 23.1 Å². The summed E-state index contributed by atoms with van der Waals surface area (Å²) < 4.78 is 0.992. The summed E-state index contributed by atoms with van der Waals surface area (Å²) in [6, 6.07) is 20.3. The Morgan fingerprint density at radius 3 is 2.46 bits per heavy atom. The first-order chi connectivity index (χ1) is 12.8. The molecular weight excluding hydrogens is 360 g/mol. The molecule has 0 saturated heterocycles. The second-order valence-corrected chi connectivity index (χ2v) is 8.35. The number of rotatable bonds is 8. The lowest BCUT2D eigenvalue weighted by Gasteiger charge is -2.05. The van der Waals surface area contributed by atoms with E-state index in [9.17, 15) is 4.79 Å². The molecular formula is C21H22N2OS2. The quantitative estimate of drug-likeness (QED) is 0.494. The number of amides is 1. The first kappa shape index (κ1) is 18.7. The van der Waals surface area contributed by atoms with Gasteiger partial charge in [-0.3, -0.25) is 4.79 Å². The molecule has 0 unspecified atom stereocenters. The molecule has 0 bridgehead atoms. The number of hydrogen-bond donors (Lipinski definition) is 1. The molecule has 3 nitrogen and oxygen atoms in total. The Labute approximate surface area is 162 Å². The van der Waals surface area contributed by atoms with Gasteiger partial charge in [-0.05, 0) is 24.2 Å². The minimum atomic E-state index is 0.0508. The van der Waals surface area contributed by atoms with E-state index in [-0.39, 0.29) is 5.91 Å². The van der Waals surface area contributed by atoms with E-state index in [2.05, 4.69) is 24.4 Å². The van der Waals surface area contributed by atoms with Crippen LogP contribution in [0.1, 0.15) is 25.3 Å². The fourth-order valence-corrected chi connectivity index (χ4v) is 4.63. The van der Waals surface area contributed by atoms with Gasteiger partial charge in [0.15, 0.2) is 4.34 Å². The monoisotopic (exact) mass is 382 g/mol. The third-order valence-electron chi connectivity index (χ3n) is 3.89. The largest absolute Gasteiger partial charge is 0.316 e. The van der Waals surface area contributed by atoms with Crippen LogP contribution in [0.3, 0.4) is 0 Å². The fourth-order valence-electron chi connectivity index (χ4n) is 2.65. The Bertz CT molecular complexity index is 832. The van der Waals surface area contributed by atoms with Gasteiger partial charge in [-0.2, -0.15) is 0 Å². The highest BCUT2D eigenvalue weighted by Crippen LogP contribution is 2.37. The zero-order valence-corrected chi connectivity index (χ0v) is 16.4. The predicted molar refractivity (Wildman–Crippen MR) is 112 cm³/mol. The lowest BCUT2D eigenvalue weighted by molar-refractivity contribution is -0.116. The molecule has 0 spiro atoms. The van der Waals surface area contributed by atoms with E-state index in [0.29, 0.717) is 6.42 Å². The van der Waals surface area contributed by atoms with Crippen molar-refractivity contribution in [2.75, 3.05) is 11.1 Å². The third-order valence-corrected chi connectivity index (χ3v) is 5.88. The summed E-state index contributed by atoms with van der Waals surface area (Å²) in [4.78, 5) is 17.1. The van der Waals surface area contributed by atoms with E-state index in [1.165, 1.54) is 5.56 Å².